The summed E-state index contributed by atoms with van der Waals surface area (Å²) in [7, 11) is 0. The average molecular weight is 466 g/mol. The summed E-state index contributed by atoms with van der Waals surface area (Å²) >= 11 is 0. The fourth-order valence-electron chi connectivity index (χ4n) is 4.57. The summed E-state index contributed by atoms with van der Waals surface area (Å²) in [5.74, 6) is 0.958. The number of carbonyl (C=O) groups is 2. The fraction of sp³-hybridized carbons (Fsp3) is 0.407. The lowest BCUT2D eigenvalue weighted by molar-refractivity contribution is -0.149. The molecule has 0 atom stereocenters. The van der Waals surface area contributed by atoms with Crippen LogP contribution in [0.1, 0.15) is 53.7 Å². The number of rotatable bonds is 7. The molecule has 0 aromatic heterocycles. The summed E-state index contributed by atoms with van der Waals surface area (Å²) in [6.07, 6.45) is 3.10. The topological polar surface area (TPSA) is 85.3 Å². The molecule has 1 saturated heterocycles. The highest BCUT2D eigenvalue weighted by Crippen LogP contribution is 2.43. The molecule has 7 nitrogen and oxygen atoms in total. The van der Waals surface area contributed by atoms with Crippen LogP contribution in [-0.2, 0) is 16.1 Å². The van der Waals surface area contributed by atoms with E-state index in [0.29, 0.717) is 73.9 Å². The molecule has 2 aromatic rings. The van der Waals surface area contributed by atoms with Crippen LogP contribution in [0, 0.1) is 12.8 Å². The molecule has 0 aliphatic carbocycles. The van der Waals surface area contributed by atoms with E-state index < -0.39 is 0 Å². The Morgan fingerprint density at radius 1 is 1.21 bits per heavy atom. The second-order valence-corrected chi connectivity index (χ2v) is 8.61. The van der Waals surface area contributed by atoms with Crippen molar-refractivity contribution in [3.8, 4) is 17.2 Å². The number of Topliss-reactive ketones (excluding diaryl/α,β-unsaturated/α-hetero) is 1. The van der Waals surface area contributed by atoms with E-state index in [2.05, 4.69) is 4.90 Å². The van der Waals surface area contributed by atoms with Crippen LogP contribution < -0.4 is 9.47 Å². The van der Waals surface area contributed by atoms with Gasteiger partial charge in [-0.1, -0.05) is 18.2 Å². The van der Waals surface area contributed by atoms with Gasteiger partial charge in [-0.05, 0) is 70.5 Å². The van der Waals surface area contributed by atoms with Crippen LogP contribution in [-0.4, -0.2) is 48.1 Å². The molecule has 1 N–H and O–H groups in total. The maximum atomic E-state index is 13.2. The van der Waals surface area contributed by atoms with E-state index in [1.807, 2.05) is 38.1 Å². The van der Waals surface area contributed by atoms with Crippen LogP contribution in [0.3, 0.4) is 0 Å². The molecule has 2 aromatic carbocycles. The standard InChI is InChI=1S/C27H31NO6/c1-4-32-22-9-7-6-8-19(22)15-23-25(30)24-17(3)14-21(29)20(26(24)34-23)16-28-12-10-18(11-13-28)27(31)33-5-2/h6-9,14-15,18,29H,4-5,10-13,16H2,1-3H3/b23-15+. The molecule has 0 amide bonds. The number of piperidine rings is 1. The Bertz CT molecular complexity index is 1110. The normalized spacial score (nSPS) is 17.5. The summed E-state index contributed by atoms with van der Waals surface area (Å²) in [6.45, 7) is 8.25. The third-order valence-electron chi connectivity index (χ3n) is 6.32. The van der Waals surface area contributed by atoms with Crippen LogP contribution >= 0.6 is 0 Å². The van der Waals surface area contributed by atoms with E-state index in [9.17, 15) is 14.7 Å². The second-order valence-electron chi connectivity index (χ2n) is 8.61. The van der Waals surface area contributed by atoms with Crippen molar-refractivity contribution in [3.05, 3.63) is 58.3 Å². The first kappa shape index (κ1) is 23.8. The molecule has 4 rings (SSSR count). The van der Waals surface area contributed by atoms with Gasteiger partial charge in [-0.2, -0.15) is 0 Å². The monoisotopic (exact) mass is 465 g/mol. The molecule has 2 aliphatic rings. The summed E-state index contributed by atoms with van der Waals surface area (Å²) in [5.41, 5.74) is 2.49. The SMILES string of the molecule is CCOC(=O)C1CCN(Cc2c(O)cc(C)c3c2O/C(=C/c2ccccc2OCC)C3=O)CC1. The summed E-state index contributed by atoms with van der Waals surface area (Å²) < 4.78 is 16.9. The highest BCUT2D eigenvalue weighted by atomic mass is 16.5. The number of para-hydroxylation sites is 1. The van der Waals surface area contributed by atoms with E-state index in [1.54, 1.807) is 19.1 Å². The molecule has 1 fully saturated rings. The van der Waals surface area contributed by atoms with Gasteiger partial charge in [0.1, 0.15) is 17.2 Å². The molecule has 180 valence electrons. The van der Waals surface area contributed by atoms with E-state index in [4.69, 9.17) is 14.2 Å². The van der Waals surface area contributed by atoms with Crippen LogP contribution in [0.2, 0.25) is 0 Å². The Morgan fingerprint density at radius 2 is 1.94 bits per heavy atom. The van der Waals surface area contributed by atoms with Crippen LogP contribution in [0.4, 0.5) is 0 Å². The van der Waals surface area contributed by atoms with Gasteiger partial charge < -0.3 is 19.3 Å². The number of fused-ring (bicyclic) bond motifs is 1. The number of allylic oxidation sites excluding steroid dienone is 1. The molecule has 7 heteroatoms. The van der Waals surface area contributed by atoms with Crippen molar-refractivity contribution in [3.63, 3.8) is 0 Å². The van der Waals surface area contributed by atoms with Gasteiger partial charge in [-0.3, -0.25) is 14.5 Å². The number of nitrogens with zero attached hydrogens (tertiary/aromatic N) is 1. The van der Waals surface area contributed by atoms with Crippen molar-refractivity contribution in [2.24, 2.45) is 5.92 Å². The molecular weight excluding hydrogens is 434 g/mol. The maximum Gasteiger partial charge on any atom is 0.309 e. The third-order valence-corrected chi connectivity index (χ3v) is 6.32. The number of aromatic hydroxyl groups is 1. The molecule has 34 heavy (non-hydrogen) atoms. The number of aryl methyl sites for hydroxylation is 1. The van der Waals surface area contributed by atoms with E-state index >= 15 is 0 Å². The van der Waals surface area contributed by atoms with Crippen molar-refractivity contribution in [2.75, 3.05) is 26.3 Å². The number of ketones is 1. The minimum atomic E-state index is -0.207. The van der Waals surface area contributed by atoms with Crippen molar-refractivity contribution in [2.45, 2.75) is 40.2 Å². The van der Waals surface area contributed by atoms with Crippen LogP contribution in [0.25, 0.3) is 6.08 Å². The number of benzene rings is 2. The number of likely N-dealkylation sites (tertiary alicyclic amines) is 1. The largest absolute Gasteiger partial charge is 0.507 e. The molecule has 2 aliphatic heterocycles. The first-order valence-corrected chi connectivity index (χ1v) is 11.8. The van der Waals surface area contributed by atoms with Gasteiger partial charge in [0.2, 0.25) is 5.78 Å². The van der Waals surface area contributed by atoms with E-state index in [-0.39, 0.29) is 29.2 Å². The molecular formula is C27H31NO6. The summed E-state index contributed by atoms with van der Waals surface area (Å²) in [4.78, 5) is 27.5. The third kappa shape index (κ3) is 4.80. The number of hydrogen-bond acceptors (Lipinski definition) is 7. The van der Waals surface area contributed by atoms with Gasteiger partial charge in [0.25, 0.3) is 0 Å². The zero-order valence-corrected chi connectivity index (χ0v) is 19.9. The second kappa shape index (κ2) is 10.3. The van der Waals surface area contributed by atoms with Crippen molar-refractivity contribution in [1.29, 1.82) is 0 Å². The average Bonchev–Trinajstić information content (AvgIpc) is 3.15. The van der Waals surface area contributed by atoms with Crippen LogP contribution in [0.15, 0.2) is 36.1 Å². The minimum Gasteiger partial charge on any atom is -0.507 e. The van der Waals surface area contributed by atoms with Crippen molar-refractivity contribution >= 4 is 17.8 Å². The lowest BCUT2D eigenvalue weighted by Crippen LogP contribution is -2.36. The maximum absolute atomic E-state index is 13.2. The lowest BCUT2D eigenvalue weighted by atomic mass is 9.95. The predicted octanol–water partition coefficient (Wildman–Crippen LogP) is 4.49. The number of phenols is 1. The fourth-order valence-corrected chi connectivity index (χ4v) is 4.57. The van der Waals surface area contributed by atoms with Gasteiger partial charge in [0, 0.05) is 12.1 Å². The van der Waals surface area contributed by atoms with Crippen molar-refractivity contribution < 1.29 is 28.9 Å². The van der Waals surface area contributed by atoms with Gasteiger partial charge in [-0.25, -0.2) is 0 Å². The highest BCUT2D eigenvalue weighted by molar-refractivity contribution is 6.16. The Hall–Kier alpha value is -3.32. The quantitative estimate of drug-likeness (QED) is 0.476. The number of carbonyl (C=O) groups excluding carboxylic acids is 2. The molecule has 0 radical (unpaired) electrons. The number of esters is 1. The minimum absolute atomic E-state index is 0.0914. The molecule has 2 heterocycles. The summed E-state index contributed by atoms with van der Waals surface area (Å²) in [6, 6.07) is 9.10. The van der Waals surface area contributed by atoms with Gasteiger partial charge in [0.05, 0.1) is 30.3 Å². The van der Waals surface area contributed by atoms with E-state index in [0.717, 1.165) is 5.56 Å². The van der Waals surface area contributed by atoms with Gasteiger partial charge in [0.15, 0.2) is 5.76 Å². The number of phenolic OH excluding ortho intramolecular Hbond substituents is 1. The molecule has 0 bridgehead atoms. The van der Waals surface area contributed by atoms with Crippen LogP contribution in [0.5, 0.6) is 17.2 Å². The Labute approximate surface area is 199 Å². The van der Waals surface area contributed by atoms with Gasteiger partial charge >= 0.3 is 5.97 Å². The smallest absolute Gasteiger partial charge is 0.309 e. The summed E-state index contributed by atoms with van der Waals surface area (Å²) in [5, 5.41) is 10.7. The Morgan fingerprint density at radius 3 is 2.65 bits per heavy atom. The lowest BCUT2D eigenvalue weighted by Gasteiger charge is -2.31. The first-order valence-electron chi connectivity index (χ1n) is 11.8. The highest BCUT2D eigenvalue weighted by Gasteiger charge is 2.35. The molecule has 0 saturated carbocycles. The molecule has 0 unspecified atom stereocenters. The predicted molar refractivity (Wildman–Crippen MR) is 128 cm³/mol. The van der Waals surface area contributed by atoms with E-state index in [1.165, 1.54) is 0 Å². The van der Waals surface area contributed by atoms with Crippen molar-refractivity contribution in [1.82, 2.24) is 4.90 Å². The molecule has 0 spiro atoms. The zero-order chi connectivity index (χ0) is 24.2. The van der Waals surface area contributed by atoms with Gasteiger partial charge in [-0.15, -0.1) is 0 Å². The number of hydrogen-bond donors (Lipinski definition) is 1. The zero-order valence-electron chi connectivity index (χ0n) is 19.9. The Kier molecular flexibility index (Phi) is 7.22. The first-order chi connectivity index (χ1) is 16.4. The Balaban J connectivity index is 1.57. The number of ether oxygens (including phenoxy) is 3.